The first-order chi connectivity index (χ1) is 19.5. The lowest BCUT2D eigenvalue weighted by Crippen LogP contribution is -2.76. The van der Waals surface area contributed by atoms with E-state index in [4.69, 9.17) is 34.8 Å². The van der Waals surface area contributed by atoms with Crippen LogP contribution in [0.15, 0.2) is 47.4 Å². The Morgan fingerprint density at radius 2 is 1.66 bits per heavy atom. The second-order valence-electron chi connectivity index (χ2n) is 11.1. The minimum Gasteiger partial charge on any atom is -0.343 e. The first-order valence-corrected chi connectivity index (χ1v) is 16.3. The summed E-state index contributed by atoms with van der Waals surface area (Å²) in [5, 5.41) is 3.50. The predicted molar refractivity (Wildman–Crippen MR) is 154 cm³/mol. The fraction of sp³-hybridized carbons (Fsp3) is 0.464. The summed E-state index contributed by atoms with van der Waals surface area (Å²) in [4.78, 5) is 43.9. The van der Waals surface area contributed by atoms with Crippen LogP contribution in [0.2, 0.25) is 15.1 Å². The predicted octanol–water partition coefficient (Wildman–Crippen LogP) is 3.71. The maximum atomic E-state index is 14.2. The average molecular weight is 640 g/mol. The molecule has 0 radical (unpaired) electrons. The van der Waals surface area contributed by atoms with Gasteiger partial charge in [-0.15, -0.1) is 0 Å². The standard InChI is InChI=1S/C28H29Cl3N4O5S/c29-18-6-1-3-16(11-18)12-23-28(38)33(20-8-9-20)15-25-34(41(39,40)24-10-7-19(30)13-21(24)31)14-22(27(37)35(23)25)32-26(36)17-4-2-5-17/h1,3,6-7,10-11,13,17,20,22-23,25H,2,4-5,8-9,12,14-15H2,(H,32,36). The molecule has 2 saturated heterocycles. The minimum absolute atomic E-state index is 0.0127. The van der Waals surface area contributed by atoms with E-state index in [2.05, 4.69) is 5.32 Å². The summed E-state index contributed by atoms with van der Waals surface area (Å²) in [6.45, 7) is -0.259. The maximum Gasteiger partial charge on any atom is 0.248 e. The molecule has 3 amide bonds. The van der Waals surface area contributed by atoms with E-state index >= 15 is 0 Å². The lowest BCUT2D eigenvalue weighted by Gasteiger charge is -2.53. The van der Waals surface area contributed by atoms with E-state index in [1.54, 1.807) is 23.1 Å². The van der Waals surface area contributed by atoms with Gasteiger partial charge in [0.1, 0.15) is 23.1 Å². The highest BCUT2D eigenvalue weighted by molar-refractivity contribution is 7.89. The molecule has 41 heavy (non-hydrogen) atoms. The number of hydrogen-bond acceptors (Lipinski definition) is 5. The number of carbonyl (C=O) groups is 3. The molecule has 2 aromatic rings. The van der Waals surface area contributed by atoms with E-state index in [1.165, 1.54) is 27.4 Å². The second-order valence-corrected chi connectivity index (χ2v) is 14.3. The highest BCUT2D eigenvalue weighted by Crippen LogP contribution is 2.38. The van der Waals surface area contributed by atoms with E-state index < -0.39 is 34.2 Å². The molecule has 0 spiro atoms. The molecule has 3 unspecified atom stereocenters. The molecule has 2 aromatic carbocycles. The molecule has 2 aliphatic carbocycles. The normalized spacial score (nSPS) is 25.6. The molecule has 218 valence electrons. The van der Waals surface area contributed by atoms with Crippen molar-refractivity contribution in [3.63, 3.8) is 0 Å². The summed E-state index contributed by atoms with van der Waals surface area (Å²) < 4.78 is 29.7. The zero-order chi connectivity index (χ0) is 29.1. The van der Waals surface area contributed by atoms with Crippen LogP contribution in [-0.2, 0) is 30.8 Å². The first-order valence-electron chi connectivity index (χ1n) is 13.7. The summed E-state index contributed by atoms with van der Waals surface area (Å²) >= 11 is 18.6. The number of hydrogen-bond donors (Lipinski definition) is 1. The van der Waals surface area contributed by atoms with Crippen molar-refractivity contribution < 1.29 is 22.8 Å². The van der Waals surface area contributed by atoms with Crippen LogP contribution in [0.5, 0.6) is 0 Å². The van der Waals surface area contributed by atoms with Gasteiger partial charge in [0, 0.05) is 35.0 Å². The van der Waals surface area contributed by atoms with Crippen molar-refractivity contribution in [3.8, 4) is 0 Å². The second kappa shape index (κ2) is 11.0. The van der Waals surface area contributed by atoms with Crippen molar-refractivity contribution in [1.82, 2.24) is 19.4 Å². The SMILES string of the molecule is O=C(NC1CN(S(=O)(=O)c2ccc(Cl)cc2Cl)C2CN(C3CC3)C(=O)C(Cc3cccc(Cl)c3)N2C1=O)C1CCC1. The fourth-order valence-corrected chi connectivity index (χ4v) is 8.43. The Bertz CT molecular complexity index is 1510. The first kappa shape index (κ1) is 28.7. The number of fused-ring (bicyclic) bond motifs is 1. The van der Waals surface area contributed by atoms with Crippen molar-refractivity contribution in [2.75, 3.05) is 13.1 Å². The number of amides is 3. The van der Waals surface area contributed by atoms with Crippen LogP contribution < -0.4 is 5.32 Å². The fourth-order valence-electron chi connectivity index (χ4n) is 5.89. The summed E-state index contributed by atoms with van der Waals surface area (Å²) in [5.74, 6) is -1.23. The van der Waals surface area contributed by atoms with Crippen LogP contribution in [0.25, 0.3) is 0 Å². The monoisotopic (exact) mass is 638 g/mol. The molecule has 6 rings (SSSR count). The Labute approximate surface area is 253 Å². The molecule has 3 atom stereocenters. The molecule has 0 aromatic heterocycles. The molecule has 0 bridgehead atoms. The van der Waals surface area contributed by atoms with Gasteiger partial charge in [-0.1, -0.05) is 53.4 Å². The Balaban J connectivity index is 1.43. The molecular formula is C28H29Cl3N4O5S. The molecule has 9 nitrogen and oxygen atoms in total. The molecule has 4 aliphatic rings. The molecule has 1 N–H and O–H groups in total. The zero-order valence-corrected chi connectivity index (χ0v) is 25.1. The van der Waals surface area contributed by atoms with Gasteiger partial charge in [-0.25, -0.2) is 8.42 Å². The minimum atomic E-state index is -4.29. The summed E-state index contributed by atoms with van der Waals surface area (Å²) in [6.07, 6.45) is 3.13. The molecule has 13 heteroatoms. The Morgan fingerprint density at radius 1 is 0.927 bits per heavy atom. The van der Waals surface area contributed by atoms with Gasteiger partial charge in [0.15, 0.2) is 0 Å². The smallest absolute Gasteiger partial charge is 0.248 e. The van der Waals surface area contributed by atoms with Crippen LogP contribution >= 0.6 is 34.8 Å². The third kappa shape index (κ3) is 5.45. The number of nitrogens with zero attached hydrogens (tertiary/aromatic N) is 3. The van der Waals surface area contributed by atoms with Crippen LogP contribution in [0, 0.1) is 5.92 Å². The average Bonchev–Trinajstić information content (AvgIpc) is 3.71. The van der Waals surface area contributed by atoms with E-state index in [0.717, 1.165) is 24.8 Å². The Hall–Kier alpha value is -2.37. The number of piperazine rings is 1. The summed E-state index contributed by atoms with van der Waals surface area (Å²) in [7, 11) is -4.29. The van der Waals surface area contributed by atoms with Gasteiger partial charge in [-0.2, -0.15) is 4.31 Å². The molecule has 2 saturated carbocycles. The van der Waals surface area contributed by atoms with Gasteiger partial charge in [-0.05, 0) is 61.6 Å². The van der Waals surface area contributed by atoms with Gasteiger partial charge in [0.25, 0.3) is 0 Å². The van der Waals surface area contributed by atoms with E-state index in [-0.39, 0.29) is 58.2 Å². The van der Waals surface area contributed by atoms with Crippen molar-refractivity contribution in [1.29, 1.82) is 0 Å². The third-order valence-electron chi connectivity index (χ3n) is 8.41. The number of rotatable bonds is 7. The van der Waals surface area contributed by atoms with Gasteiger partial charge >= 0.3 is 0 Å². The van der Waals surface area contributed by atoms with Gasteiger partial charge in [0.2, 0.25) is 27.7 Å². The van der Waals surface area contributed by atoms with Crippen LogP contribution in [0.4, 0.5) is 0 Å². The quantitative estimate of drug-likeness (QED) is 0.497. The van der Waals surface area contributed by atoms with Crippen LogP contribution in [0.3, 0.4) is 0 Å². The number of carbonyl (C=O) groups excluding carboxylic acids is 3. The number of nitrogens with one attached hydrogen (secondary N) is 1. The van der Waals surface area contributed by atoms with Gasteiger partial charge in [-0.3, -0.25) is 14.4 Å². The van der Waals surface area contributed by atoms with Crippen LogP contribution in [-0.4, -0.2) is 77.6 Å². The van der Waals surface area contributed by atoms with E-state index in [9.17, 15) is 22.8 Å². The molecular weight excluding hydrogens is 611 g/mol. The topological polar surface area (TPSA) is 107 Å². The summed E-state index contributed by atoms with van der Waals surface area (Å²) in [5.41, 5.74) is 0.732. The number of sulfonamides is 1. The number of halogens is 3. The maximum absolute atomic E-state index is 14.2. The third-order valence-corrected chi connectivity index (χ3v) is 11.2. The van der Waals surface area contributed by atoms with E-state index in [1.807, 2.05) is 6.07 Å². The van der Waals surface area contributed by atoms with Crippen molar-refractivity contribution in [2.24, 2.45) is 5.92 Å². The summed E-state index contributed by atoms with van der Waals surface area (Å²) in [6, 6.07) is 8.98. The van der Waals surface area contributed by atoms with Gasteiger partial charge < -0.3 is 15.1 Å². The number of benzene rings is 2. The van der Waals surface area contributed by atoms with E-state index in [0.29, 0.717) is 17.9 Å². The van der Waals surface area contributed by atoms with Gasteiger partial charge in [0.05, 0.1) is 11.6 Å². The van der Waals surface area contributed by atoms with Crippen molar-refractivity contribution >= 4 is 62.5 Å². The highest BCUT2D eigenvalue weighted by atomic mass is 35.5. The molecule has 4 fully saturated rings. The lowest BCUT2D eigenvalue weighted by atomic mass is 9.84. The lowest BCUT2D eigenvalue weighted by molar-refractivity contribution is -0.168. The van der Waals surface area contributed by atoms with Crippen molar-refractivity contribution in [2.45, 2.75) is 67.7 Å². The van der Waals surface area contributed by atoms with Crippen LogP contribution in [0.1, 0.15) is 37.7 Å². The Kier molecular flexibility index (Phi) is 7.74. The molecule has 2 aliphatic heterocycles. The Morgan fingerprint density at radius 3 is 2.29 bits per heavy atom. The largest absolute Gasteiger partial charge is 0.343 e. The highest BCUT2D eigenvalue weighted by Gasteiger charge is 2.56. The zero-order valence-electron chi connectivity index (χ0n) is 22.0. The van der Waals surface area contributed by atoms with Crippen molar-refractivity contribution in [3.05, 3.63) is 63.1 Å². The molecule has 2 heterocycles.